The van der Waals surface area contributed by atoms with E-state index in [4.69, 9.17) is 9.15 Å². The highest BCUT2D eigenvalue weighted by atomic mass is 79.9. The van der Waals surface area contributed by atoms with Gasteiger partial charge in [0.1, 0.15) is 23.5 Å². The molecule has 0 unspecified atom stereocenters. The van der Waals surface area contributed by atoms with Crippen LogP contribution < -0.4 is 10.4 Å². The Hall–Kier alpha value is -1.55. The average molecular weight is 279 g/mol. The second kappa shape index (κ2) is 3.49. The average Bonchev–Trinajstić information content (AvgIpc) is 2.31. The highest BCUT2D eigenvalue weighted by molar-refractivity contribution is 9.10. The van der Waals surface area contributed by atoms with Gasteiger partial charge in [0.2, 0.25) is 0 Å². The van der Waals surface area contributed by atoms with Crippen molar-refractivity contribution in [3.8, 4) is 5.75 Å². The molecule has 0 atom stereocenters. The van der Waals surface area contributed by atoms with Crippen molar-refractivity contribution in [2.45, 2.75) is 0 Å². The first kappa shape index (κ1) is 9.66. The summed E-state index contributed by atoms with van der Waals surface area (Å²) >= 11 is 3.39. The maximum absolute atomic E-state index is 11.7. The summed E-state index contributed by atoms with van der Waals surface area (Å²) in [6.07, 6.45) is 3.54. The first-order valence-corrected chi connectivity index (χ1v) is 5.61. The Morgan fingerprint density at radius 3 is 3.06 bits per heavy atom. The van der Waals surface area contributed by atoms with E-state index in [1.165, 1.54) is 0 Å². The van der Waals surface area contributed by atoms with Crippen molar-refractivity contribution in [2.24, 2.45) is 0 Å². The first-order valence-electron chi connectivity index (χ1n) is 4.81. The lowest BCUT2D eigenvalue weighted by atomic mass is 10.1. The molecule has 0 amide bonds. The minimum Gasteiger partial charge on any atom is -0.488 e. The Bertz CT molecular complexity index is 655. The van der Waals surface area contributed by atoms with Gasteiger partial charge in [-0.25, -0.2) is 4.79 Å². The summed E-state index contributed by atoms with van der Waals surface area (Å²) in [7, 11) is 0. The Labute approximate surface area is 99.5 Å². The Kier molecular flexibility index (Phi) is 2.11. The standard InChI is InChI=1S/C12H7BrO3/c13-7-3-4-10-9(6-7)11-8(12(14)16-10)2-1-5-15-11/h1-4,6H,5H2. The van der Waals surface area contributed by atoms with Gasteiger partial charge in [-0.15, -0.1) is 0 Å². The molecule has 1 aliphatic heterocycles. The number of ether oxygens (including phenoxy) is 1. The molecule has 0 bridgehead atoms. The van der Waals surface area contributed by atoms with Crippen LogP contribution in [0.25, 0.3) is 17.0 Å². The summed E-state index contributed by atoms with van der Waals surface area (Å²) in [5, 5.41) is 0.813. The number of halogens is 1. The molecular weight excluding hydrogens is 272 g/mol. The number of benzene rings is 1. The van der Waals surface area contributed by atoms with Crippen LogP contribution in [0.3, 0.4) is 0 Å². The summed E-state index contributed by atoms with van der Waals surface area (Å²) in [4.78, 5) is 11.7. The van der Waals surface area contributed by atoms with Gasteiger partial charge in [-0.05, 0) is 30.4 Å². The maximum atomic E-state index is 11.7. The van der Waals surface area contributed by atoms with Gasteiger partial charge < -0.3 is 9.15 Å². The molecule has 1 aliphatic rings. The molecule has 3 nitrogen and oxygen atoms in total. The highest BCUT2D eigenvalue weighted by Crippen LogP contribution is 2.32. The topological polar surface area (TPSA) is 39.4 Å². The van der Waals surface area contributed by atoms with Crippen molar-refractivity contribution < 1.29 is 9.15 Å². The van der Waals surface area contributed by atoms with E-state index < -0.39 is 0 Å². The molecule has 80 valence electrons. The molecule has 0 radical (unpaired) electrons. The Morgan fingerprint density at radius 1 is 1.31 bits per heavy atom. The van der Waals surface area contributed by atoms with Crippen LogP contribution in [0.4, 0.5) is 0 Å². The SMILES string of the molecule is O=c1oc2ccc(Br)cc2c2c1C=CCO2. The number of hydrogen-bond donors (Lipinski definition) is 0. The fourth-order valence-electron chi connectivity index (χ4n) is 1.76. The van der Waals surface area contributed by atoms with Crippen LogP contribution in [0.5, 0.6) is 5.75 Å². The van der Waals surface area contributed by atoms with Crippen molar-refractivity contribution in [1.82, 2.24) is 0 Å². The van der Waals surface area contributed by atoms with Gasteiger partial charge in [0.25, 0.3) is 0 Å². The summed E-state index contributed by atoms with van der Waals surface area (Å²) in [5.74, 6) is 0.607. The summed E-state index contributed by atoms with van der Waals surface area (Å²) in [5.41, 5.74) is 0.667. The smallest absolute Gasteiger partial charge is 0.347 e. The lowest BCUT2D eigenvalue weighted by Crippen LogP contribution is -2.11. The molecule has 2 aromatic rings. The summed E-state index contributed by atoms with van der Waals surface area (Å²) in [6.45, 7) is 0.484. The van der Waals surface area contributed by atoms with Gasteiger partial charge in [-0.3, -0.25) is 0 Å². The fraction of sp³-hybridized carbons (Fsp3) is 0.0833. The van der Waals surface area contributed by atoms with E-state index in [0.717, 1.165) is 9.86 Å². The van der Waals surface area contributed by atoms with E-state index >= 15 is 0 Å². The quantitative estimate of drug-likeness (QED) is 0.696. The van der Waals surface area contributed by atoms with Gasteiger partial charge in [-0.2, -0.15) is 0 Å². The molecule has 2 heterocycles. The van der Waals surface area contributed by atoms with Crippen molar-refractivity contribution in [1.29, 1.82) is 0 Å². The second-order valence-corrected chi connectivity index (χ2v) is 4.40. The molecule has 16 heavy (non-hydrogen) atoms. The lowest BCUT2D eigenvalue weighted by Gasteiger charge is -2.13. The molecule has 0 aliphatic carbocycles. The minimum absolute atomic E-state index is 0.360. The van der Waals surface area contributed by atoms with E-state index in [-0.39, 0.29) is 5.63 Å². The van der Waals surface area contributed by atoms with Crippen LogP contribution in [0.15, 0.2) is 38.0 Å². The molecule has 4 heteroatoms. The molecule has 3 rings (SSSR count). The van der Waals surface area contributed by atoms with Crippen LogP contribution in [0.2, 0.25) is 0 Å². The van der Waals surface area contributed by atoms with Crippen LogP contribution in [0.1, 0.15) is 5.56 Å². The Balaban J connectivity index is 2.49. The molecule has 0 spiro atoms. The molecule has 1 aromatic carbocycles. The monoisotopic (exact) mass is 278 g/mol. The Morgan fingerprint density at radius 2 is 2.19 bits per heavy atom. The number of fused-ring (bicyclic) bond motifs is 3. The van der Waals surface area contributed by atoms with E-state index in [0.29, 0.717) is 23.5 Å². The van der Waals surface area contributed by atoms with Gasteiger partial charge in [0.05, 0.1) is 5.39 Å². The van der Waals surface area contributed by atoms with Crippen LogP contribution in [0, 0.1) is 0 Å². The van der Waals surface area contributed by atoms with E-state index in [9.17, 15) is 4.79 Å². The van der Waals surface area contributed by atoms with Gasteiger partial charge in [0.15, 0.2) is 0 Å². The summed E-state index contributed by atoms with van der Waals surface area (Å²) < 4.78 is 11.6. The van der Waals surface area contributed by atoms with Gasteiger partial charge in [0, 0.05) is 4.47 Å². The number of hydrogen-bond acceptors (Lipinski definition) is 3. The molecule has 1 aromatic heterocycles. The minimum atomic E-state index is -0.360. The predicted octanol–water partition coefficient (Wildman–Crippen LogP) is 2.96. The fourth-order valence-corrected chi connectivity index (χ4v) is 2.12. The van der Waals surface area contributed by atoms with E-state index in [1.54, 1.807) is 18.2 Å². The van der Waals surface area contributed by atoms with E-state index in [1.807, 2.05) is 12.1 Å². The lowest BCUT2D eigenvalue weighted by molar-refractivity contribution is 0.358. The maximum Gasteiger partial charge on any atom is 0.347 e. The molecule has 0 saturated heterocycles. The first-order chi connectivity index (χ1) is 7.75. The third kappa shape index (κ3) is 1.38. The van der Waals surface area contributed by atoms with Crippen molar-refractivity contribution in [3.05, 3.63) is 44.7 Å². The predicted molar refractivity (Wildman–Crippen MR) is 64.7 cm³/mol. The third-order valence-corrected chi connectivity index (χ3v) is 2.96. The zero-order valence-electron chi connectivity index (χ0n) is 8.20. The summed E-state index contributed by atoms with van der Waals surface area (Å²) in [6, 6.07) is 5.47. The normalized spacial score (nSPS) is 13.6. The third-order valence-electron chi connectivity index (χ3n) is 2.46. The van der Waals surface area contributed by atoms with Crippen molar-refractivity contribution in [3.63, 3.8) is 0 Å². The molecule has 0 N–H and O–H groups in total. The molecule has 0 fully saturated rings. The highest BCUT2D eigenvalue weighted by Gasteiger charge is 2.16. The van der Waals surface area contributed by atoms with Crippen LogP contribution >= 0.6 is 15.9 Å². The number of rotatable bonds is 0. The molecule has 0 saturated carbocycles. The van der Waals surface area contributed by atoms with Crippen LogP contribution in [-0.4, -0.2) is 6.61 Å². The van der Waals surface area contributed by atoms with E-state index in [2.05, 4.69) is 15.9 Å². The zero-order valence-corrected chi connectivity index (χ0v) is 9.78. The zero-order chi connectivity index (χ0) is 11.1. The van der Waals surface area contributed by atoms with Crippen molar-refractivity contribution in [2.75, 3.05) is 6.61 Å². The largest absolute Gasteiger partial charge is 0.488 e. The van der Waals surface area contributed by atoms with Crippen LogP contribution in [-0.2, 0) is 0 Å². The second-order valence-electron chi connectivity index (χ2n) is 3.49. The van der Waals surface area contributed by atoms with Gasteiger partial charge >= 0.3 is 5.63 Å². The van der Waals surface area contributed by atoms with Crippen molar-refractivity contribution >= 4 is 33.0 Å². The molecular formula is C12H7BrO3. The van der Waals surface area contributed by atoms with Gasteiger partial charge in [-0.1, -0.05) is 15.9 Å².